The molecule has 0 aromatic carbocycles. The van der Waals surface area contributed by atoms with Crippen LogP contribution in [0.4, 0.5) is 0 Å². The maximum atomic E-state index is 12.3. The summed E-state index contributed by atoms with van der Waals surface area (Å²) in [4.78, 5) is 27.9. The van der Waals surface area contributed by atoms with Crippen molar-refractivity contribution in [2.45, 2.75) is 6.04 Å². The smallest absolute Gasteiger partial charge is 0.322 e. The second kappa shape index (κ2) is 4.67. The lowest BCUT2D eigenvalue weighted by Gasteiger charge is -2.31. The molecule has 6 nitrogen and oxygen atoms in total. The van der Waals surface area contributed by atoms with Gasteiger partial charge >= 0.3 is 5.97 Å². The van der Waals surface area contributed by atoms with Crippen LogP contribution in [-0.2, 0) is 4.79 Å². The first-order valence-corrected chi connectivity index (χ1v) is 6.85. The predicted octanol–water partition coefficient (Wildman–Crippen LogP) is 0.728. The number of aliphatic carboxylic acids is 1. The van der Waals surface area contributed by atoms with Crippen LogP contribution in [0.2, 0.25) is 0 Å². The maximum absolute atomic E-state index is 12.3. The van der Waals surface area contributed by atoms with Gasteiger partial charge in [-0.2, -0.15) is 0 Å². The SMILES string of the molecule is O=C(O)C1CN(C(=O)c2cc3sccc3[nH]2)CCN1. The molecule has 1 atom stereocenters. The Morgan fingerprint density at radius 3 is 3.05 bits per heavy atom. The standard InChI is InChI=1S/C12H13N3O3S/c16-11(8-5-10-7(14-8)1-4-19-10)15-3-2-13-9(6-15)12(17)18/h1,4-5,9,13-14H,2-3,6H2,(H,17,18). The molecule has 2 aromatic rings. The summed E-state index contributed by atoms with van der Waals surface area (Å²) in [6.07, 6.45) is 0. The van der Waals surface area contributed by atoms with E-state index in [0.29, 0.717) is 18.8 Å². The Labute approximate surface area is 113 Å². The maximum Gasteiger partial charge on any atom is 0.322 e. The fourth-order valence-corrected chi connectivity index (χ4v) is 3.02. The van der Waals surface area contributed by atoms with Crippen LogP contribution in [0.3, 0.4) is 0 Å². The van der Waals surface area contributed by atoms with Gasteiger partial charge in [0.1, 0.15) is 11.7 Å². The van der Waals surface area contributed by atoms with Gasteiger partial charge in [-0.15, -0.1) is 11.3 Å². The highest BCUT2D eigenvalue weighted by Crippen LogP contribution is 2.22. The van der Waals surface area contributed by atoms with Crippen LogP contribution >= 0.6 is 11.3 Å². The van der Waals surface area contributed by atoms with Crippen LogP contribution in [-0.4, -0.2) is 52.5 Å². The summed E-state index contributed by atoms with van der Waals surface area (Å²) in [5, 5.41) is 13.8. The molecule has 3 heterocycles. The number of amides is 1. The van der Waals surface area contributed by atoms with Crippen molar-refractivity contribution in [1.82, 2.24) is 15.2 Å². The number of fused-ring (bicyclic) bond motifs is 1. The molecule has 0 bridgehead atoms. The molecule has 1 aliphatic heterocycles. The van der Waals surface area contributed by atoms with Crippen molar-refractivity contribution in [2.75, 3.05) is 19.6 Å². The van der Waals surface area contributed by atoms with E-state index in [1.54, 1.807) is 16.2 Å². The molecule has 1 fully saturated rings. The van der Waals surface area contributed by atoms with Crippen LogP contribution in [0.25, 0.3) is 10.2 Å². The van der Waals surface area contributed by atoms with E-state index >= 15 is 0 Å². The number of H-pyrrole nitrogens is 1. The fourth-order valence-electron chi connectivity index (χ4n) is 2.23. The van der Waals surface area contributed by atoms with Gasteiger partial charge in [0.2, 0.25) is 0 Å². The molecule has 1 unspecified atom stereocenters. The van der Waals surface area contributed by atoms with Crippen molar-refractivity contribution in [1.29, 1.82) is 0 Å². The minimum absolute atomic E-state index is 0.142. The van der Waals surface area contributed by atoms with Crippen molar-refractivity contribution in [3.8, 4) is 0 Å². The Morgan fingerprint density at radius 2 is 2.32 bits per heavy atom. The number of hydrogen-bond donors (Lipinski definition) is 3. The van der Waals surface area contributed by atoms with Crippen LogP contribution in [0.1, 0.15) is 10.5 Å². The van der Waals surface area contributed by atoms with Crippen molar-refractivity contribution < 1.29 is 14.7 Å². The Balaban J connectivity index is 1.79. The number of carboxylic acids is 1. The molecule has 0 radical (unpaired) electrons. The summed E-state index contributed by atoms with van der Waals surface area (Å²) in [5.41, 5.74) is 1.46. The number of hydrogen-bond acceptors (Lipinski definition) is 4. The van der Waals surface area contributed by atoms with Crippen LogP contribution in [0.15, 0.2) is 17.5 Å². The highest BCUT2D eigenvalue weighted by Gasteiger charge is 2.28. The lowest BCUT2D eigenvalue weighted by Crippen LogP contribution is -2.55. The molecule has 3 rings (SSSR count). The van der Waals surface area contributed by atoms with Crippen molar-refractivity contribution in [3.63, 3.8) is 0 Å². The number of aromatic nitrogens is 1. The van der Waals surface area contributed by atoms with Crippen LogP contribution < -0.4 is 5.32 Å². The molecule has 100 valence electrons. The van der Waals surface area contributed by atoms with Crippen molar-refractivity contribution >= 4 is 33.4 Å². The summed E-state index contributed by atoms with van der Waals surface area (Å²) in [6, 6.07) is 3.06. The summed E-state index contributed by atoms with van der Waals surface area (Å²) in [6.45, 7) is 1.22. The minimum atomic E-state index is -0.926. The molecule has 0 aliphatic carbocycles. The molecular formula is C12H13N3O3S. The van der Waals surface area contributed by atoms with E-state index in [0.717, 1.165) is 10.2 Å². The molecule has 1 amide bonds. The van der Waals surface area contributed by atoms with Gasteiger partial charge in [-0.25, -0.2) is 0 Å². The average Bonchev–Trinajstić information content (AvgIpc) is 2.98. The monoisotopic (exact) mass is 279 g/mol. The Morgan fingerprint density at radius 1 is 1.47 bits per heavy atom. The van der Waals surface area contributed by atoms with Gasteiger partial charge in [0.15, 0.2) is 0 Å². The zero-order chi connectivity index (χ0) is 13.4. The number of nitrogens with zero attached hydrogens (tertiary/aromatic N) is 1. The first kappa shape index (κ1) is 12.2. The van der Waals surface area contributed by atoms with Gasteiger partial charge in [-0.05, 0) is 17.5 Å². The van der Waals surface area contributed by atoms with E-state index in [1.807, 2.05) is 17.5 Å². The number of piperazine rings is 1. The second-order valence-electron chi connectivity index (χ2n) is 4.48. The number of carbonyl (C=O) groups excluding carboxylic acids is 1. The fraction of sp³-hybridized carbons (Fsp3) is 0.333. The van der Waals surface area contributed by atoms with Crippen molar-refractivity contribution in [2.24, 2.45) is 0 Å². The number of rotatable bonds is 2. The van der Waals surface area contributed by atoms with Gasteiger partial charge in [-0.3, -0.25) is 9.59 Å². The molecule has 3 N–H and O–H groups in total. The number of nitrogens with one attached hydrogen (secondary N) is 2. The van der Waals surface area contributed by atoms with E-state index in [2.05, 4.69) is 10.3 Å². The van der Waals surface area contributed by atoms with E-state index in [4.69, 9.17) is 5.11 Å². The second-order valence-corrected chi connectivity index (χ2v) is 5.43. The highest BCUT2D eigenvalue weighted by molar-refractivity contribution is 7.17. The first-order chi connectivity index (χ1) is 9.15. The molecule has 7 heteroatoms. The third-order valence-corrected chi connectivity index (χ3v) is 4.09. The number of aromatic amines is 1. The number of carboxylic acid groups (broad SMARTS) is 1. The molecule has 0 spiro atoms. The van der Waals surface area contributed by atoms with E-state index < -0.39 is 12.0 Å². The normalized spacial score (nSPS) is 19.8. The highest BCUT2D eigenvalue weighted by atomic mass is 32.1. The van der Waals surface area contributed by atoms with Gasteiger partial charge in [0.25, 0.3) is 5.91 Å². The van der Waals surface area contributed by atoms with Gasteiger partial charge < -0.3 is 20.3 Å². The Kier molecular flexibility index (Phi) is 3.00. The van der Waals surface area contributed by atoms with E-state index in [-0.39, 0.29) is 12.5 Å². The minimum Gasteiger partial charge on any atom is -0.480 e. The quantitative estimate of drug-likeness (QED) is 0.756. The number of carbonyl (C=O) groups is 2. The summed E-state index contributed by atoms with van der Waals surface area (Å²) >= 11 is 1.57. The summed E-state index contributed by atoms with van der Waals surface area (Å²) in [5.74, 6) is -1.07. The third kappa shape index (κ3) is 2.22. The molecule has 1 saturated heterocycles. The average molecular weight is 279 g/mol. The van der Waals surface area contributed by atoms with Crippen molar-refractivity contribution in [3.05, 3.63) is 23.2 Å². The van der Waals surface area contributed by atoms with E-state index in [9.17, 15) is 9.59 Å². The summed E-state index contributed by atoms with van der Waals surface area (Å²) < 4.78 is 1.04. The molecule has 1 aliphatic rings. The zero-order valence-corrected chi connectivity index (χ0v) is 10.9. The molecular weight excluding hydrogens is 266 g/mol. The number of thiophene rings is 1. The third-order valence-electron chi connectivity index (χ3n) is 3.23. The molecule has 2 aromatic heterocycles. The largest absolute Gasteiger partial charge is 0.480 e. The first-order valence-electron chi connectivity index (χ1n) is 5.97. The lowest BCUT2D eigenvalue weighted by molar-refractivity contribution is -0.140. The van der Waals surface area contributed by atoms with Crippen LogP contribution in [0, 0.1) is 0 Å². The predicted molar refractivity (Wildman–Crippen MR) is 71.5 cm³/mol. The van der Waals surface area contributed by atoms with Gasteiger partial charge in [-0.1, -0.05) is 0 Å². The summed E-state index contributed by atoms with van der Waals surface area (Å²) in [7, 11) is 0. The molecule has 19 heavy (non-hydrogen) atoms. The Bertz CT molecular complexity index is 604. The topological polar surface area (TPSA) is 85.4 Å². The van der Waals surface area contributed by atoms with Gasteiger partial charge in [0, 0.05) is 19.6 Å². The van der Waals surface area contributed by atoms with Crippen LogP contribution in [0.5, 0.6) is 0 Å². The van der Waals surface area contributed by atoms with Gasteiger partial charge in [0.05, 0.1) is 10.2 Å². The lowest BCUT2D eigenvalue weighted by atomic mass is 10.2. The Hall–Kier alpha value is -1.86. The molecule has 0 saturated carbocycles. The van der Waals surface area contributed by atoms with E-state index in [1.165, 1.54) is 0 Å². The zero-order valence-electron chi connectivity index (χ0n) is 10.0.